The highest BCUT2D eigenvalue weighted by molar-refractivity contribution is 5.92. The molecule has 8 heteroatoms. The van der Waals surface area contributed by atoms with Crippen LogP contribution < -0.4 is 19.9 Å². The number of carbonyl (C=O) groups excluding carboxylic acids is 1. The fraction of sp³-hybridized carbons (Fsp3) is 0.450. The number of aromatic nitrogens is 2. The molecule has 0 saturated carbocycles. The van der Waals surface area contributed by atoms with Gasteiger partial charge in [-0.3, -0.25) is 4.79 Å². The van der Waals surface area contributed by atoms with Gasteiger partial charge in [0.05, 0.1) is 7.11 Å². The van der Waals surface area contributed by atoms with Crippen LogP contribution in [0.2, 0.25) is 0 Å². The summed E-state index contributed by atoms with van der Waals surface area (Å²) < 4.78 is 10.2. The van der Waals surface area contributed by atoms with E-state index in [0.717, 1.165) is 44.2 Å². The van der Waals surface area contributed by atoms with Gasteiger partial charge in [-0.1, -0.05) is 0 Å². The Morgan fingerprint density at radius 3 is 2.32 bits per heavy atom. The Morgan fingerprint density at radius 1 is 1.00 bits per heavy atom. The molecule has 0 atom stereocenters. The minimum absolute atomic E-state index is 0.209. The third-order valence-corrected chi connectivity index (χ3v) is 4.74. The van der Waals surface area contributed by atoms with Crippen molar-refractivity contribution in [3.05, 3.63) is 42.1 Å². The number of anilines is 2. The zero-order valence-corrected chi connectivity index (χ0v) is 16.4. The number of rotatable bonds is 8. The Hall–Kier alpha value is -2.87. The van der Waals surface area contributed by atoms with Crippen LogP contribution >= 0.6 is 0 Å². The molecule has 1 fully saturated rings. The number of carbonyl (C=O) groups is 1. The van der Waals surface area contributed by atoms with Crippen molar-refractivity contribution in [2.45, 2.75) is 6.42 Å². The molecule has 2 aromatic rings. The van der Waals surface area contributed by atoms with Gasteiger partial charge in [0.25, 0.3) is 5.91 Å². The summed E-state index contributed by atoms with van der Waals surface area (Å²) in [4.78, 5) is 16.6. The quantitative estimate of drug-likeness (QED) is 0.691. The van der Waals surface area contributed by atoms with Crippen LogP contribution in [0, 0.1) is 0 Å². The van der Waals surface area contributed by atoms with Crippen molar-refractivity contribution in [1.82, 2.24) is 15.5 Å². The Morgan fingerprint density at radius 2 is 1.71 bits per heavy atom. The number of piperazine rings is 1. The molecule has 0 aliphatic carbocycles. The van der Waals surface area contributed by atoms with Crippen molar-refractivity contribution >= 4 is 17.4 Å². The standard InChI is InChI=1S/C20H27N5O3/c1-27-15-3-10-21-20(26)18-8-9-19(23-22-18)25-13-11-24(12-14-25)16-4-6-17(28-2)7-5-16/h4-9H,3,10-15H2,1-2H3,(H,21,26). The van der Waals surface area contributed by atoms with E-state index in [1.54, 1.807) is 20.3 Å². The van der Waals surface area contributed by atoms with E-state index in [2.05, 4.69) is 37.4 Å². The van der Waals surface area contributed by atoms with Crippen LogP contribution in [0.5, 0.6) is 5.75 Å². The fourth-order valence-corrected chi connectivity index (χ4v) is 3.11. The Balaban J connectivity index is 1.50. The summed E-state index contributed by atoms with van der Waals surface area (Å²) in [7, 11) is 3.31. The topological polar surface area (TPSA) is 79.8 Å². The molecule has 2 heterocycles. The summed E-state index contributed by atoms with van der Waals surface area (Å²) in [6.45, 7) is 4.68. The second kappa shape index (κ2) is 9.89. The number of benzene rings is 1. The highest BCUT2D eigenvalue weighted by atomic mass is 16.5. The van der Waals surface area contributed by atoms with E-state index >= 15 is 0 Å². The number of nitrogens with zero attached hydrogens (tertiary/aromatic N) is 4. The predicted molar refractivity (Wildman–Crippen MR) is 108 cm³/mol. The molecule has 0 spiro atoms. The highest BCUT2D eigenvalue weighted by Crippen LogP contribution is 2.21. The Bertz CT molecular complexity index is 743. The van der Waals surface area contributed by atoms with Gasteiger partial charge >= 0.3 is 0 Å². The fourth-order valence-electron chi connectivity index (χ4n) is 3.11. The summed E-state index contributed by atoms with van der Waals surface area (Å²) in [5, 5.41) is 11.1. The Labute approximate surface area is 165 Å². The average Bonchev–Trinajstić information content (AvgIpc) is 2.77. The van der Waals surface area contributed by atoms with Crippen molar-refractivity contribution in [3.8, 4) is 5.75 Å². The van der Waals surface area contributed by atoms with Gasteiger partial charge in [0, 0.05) is 52.1 Å². The molecule has 28 heavy (non-hydrogen) atoms. The van der Waals surface area contributed by atoms with E-state index in [9.17, 15) is 4.79 Å². The second-order valence-electron chi connectivity index (χ2n) is 6.55. The third-order valence-electron chi connectivity index (χ3n) is 4.74. The van der Waals surface area contributed by atoms with Crippen LogP contribution in [0.4, 0.5) is 11.5 Å². The molecular formula is C20H27N5O3. The molecule has 0 unspecified atom stereocenters. The number of nitrogens with one attached hydrogen (secondary N) is 1. The van der Waals surface area contributed by atoms with Gasteiger partial charge in [-0.05, 0) is 42.8 Å². The summed E-state index contributed by atoms with van der Waals surface area (Å²) in [6.07, 6.45) is 0.770. The lowest BCUT2D eigenvalue weighted by Gasteiger charge is -2.36. The Kier molecular flexibility index (Phi) is 7.02. The number of hydrogen-bond acceptors (Lipinski definition) is 7. The molecule has 1 aliphatic heterocycles. The van der Waals surface area contributed by atoms with Gasteiger partial charge in [0.15, 0.2) is 11.5 Å². The summed E-state index contributed by atoms with van der Waals surface area (Å²) in [5.41, 5.74) is 1.52. The molecule has 1 aromatic heterocycles. The molecule has 1 aromatic carbocycles. The van der Waals surface area contributed by atoms with Crippen LogP contribution in [0.1, 0.15) is 16.9 Å². The van der Waals surface area contributed by atoms with Crippen LogP contribution in [0.15, 0.2) is 36.4 Å². The third kappa shape index (κ3) is 5.10. The molecule has 0 bridgehead atoms. The minimum atomic E-state index is -0.209. The molecule has 1 amide bonds. The van der Waals surface area contributed by atoms with Crippen LogP contribution in [-0.4, -0.2) is 69.7 Å². The van der Waals surface area contributed by atoms with Crippen LogP contribution in [-0.2, 0) is 4.74 Å². The first-order chi connectivity index (χ1) is 13.7. The minimum Gasteiger partial charge on any atom is -0.497 e. The average molecular weight is 385 g/mol. The molecule has 0 radical (unpaired) electrons. The van der Waals surface area contributed by atoms with E-state index in [1.807, 2.05) is 18.2 Å². The van der Waals surface area contributed by atoms with E-state index in [-0.39, 0.29) is 5.91 Å². The summed E-state index contributed by atoms with van der Waals surface area (Å²) >= 11 is 0. The number of ether oxygens (including phenoxy) is 2. The van der Waals surface area contributed by atoms with E-state index in [1.165, 1.54) is 5.69 Å². The van der Waals surface area contributed by atoms with Gasteiger partial charge in [-0.2, -0.15) is 0 Å². The molecule has 8 nitrogen and oxygen atoms in total. The molecule has 150 valence electrons. The molecule has 1 N–H and O–H groups in total. The lowest BCUT2D eigenvalue weighted by Crippen LogP contribution is -2.47. The van der Waals surface area contributed by atoms with E-state index < -0.39 is 0 Å². The monoisotopic (exact) mass is 385 g/mol. The maximum absolute atomic E-state index is 12.1. The van der Waals surface area contributed by atoms with Gasteiger partial charge in [-0.15, -0.1) is 10.2 Å². The number of hydrogen-bond donors (Lipinski definition) is 1. The van der Waals surface area contributed by atoms with Crippen molar-refractivity contribution in [1.29, 1.82) is 0 Å². The van der Waals surface area contributed by atoms with Crippen molar-refractivity contribution in [2.24, 2.45) is 0 Å². The number of amides is 1. The maximum Gasteiger partial charge on any atom is 0.271 e. The smallest absolute Gasteiger partial charge is 0.271 e. The van der Waals surface area contributed by atoms with Crippen LogP contribution in [0.3, 0.4) is 0 Å². The summed E-state index contributed by atoms with van der Waals surface area (Å²) in [5.74, 6) is 1.45. The largest absolute Gasteiger partial charge is 0.497 e. The van der Waals surface area contributed by atoms with Crippen LogP contribution in [0.25, 0.3) is 0 Å². The SMILES string of the molecule is COCCCNC(=O)c1ccc(N2CCN(c3ccc(OC)cc3)CC2)nn1. The lowest BCUT2D eigenvalue weighted by molar-refractivity contribution is 0.0942. The predicted octanol–water partition coefficient (Wildman–Crippen LogP) is 1.58. The molecule has 1 saturated heterocycles. The normalized spacial score (nSPS) is 14.1. The highest BCUT2D eigenvalue weighted by Gasteiger charge is 2.19. The van der Waals surface area contributed by atoms with Gasteiger partial charge < -0.3 is 24.6 Å². The van der Waals surface area contributed by atoms with Gasteiger partial charge in [0.2, 0.25) is 0 Å². The van der Waals surface area contributed by atoms with Gasteiger partial charge in [-0.25, -0.2) is 0 Å². The maximum atomic E-state index is 12.1. The summed E-state index contributed by atoms with van der Waals surface area (Å²) in [6, 6.07) is 11.7. The van der Waals surface area contributed by atoms with Crippen molar-refractivity contribution in [3.63, 3.8) is 0 Å². The lowest BCUT2D eigenvalue weighted by atomic mass is 10.2. The number of methoxy groups -OCH3 is 2. The first kappa shape index (κ1) is 19.9. The molecule has 1 aliphatic rings. The van der Waals surface area contributed by atoms with E-state index in [0.29, 0.717) is 18.8 Å². The zero-order chi connectivity index (χ0) is 19.8. The van der Waals surface area contributed by atoms with E-state index in [4.69, 9.17) is 9.47 Å². The first-order valence-electron chi connectivity index (χ1n) is 9.46. The second-order valence-corrected chi connectivity index (χ2v) is 6.55. The first-order valence-corrected chi connectivity index (χ1v) is 9.46. The van der Waals surface area contributed by atoms with Crippen molar-refractivity contribution in [2.75, 3.05) is 63.4 Å². The molecule has 3 rings (SSSR count). The zero-order valence-electron chi connectivity index (χ0n) is 16.4. The van der Waals surface area contributed by atoms with Crippen molar-refractivity contribution < 1.29 is 14.3 Å². The van der Waals surface area contributed by atoms with Gasteiger partial charge in [0.1, 0.15) is 5.75 Å². The molecular weight excluding hydrogens is 358 g/mol.